The van der Waals surface area contributed by atoms with Crippen molar-refractivity contribution in [3.8, 4) is 0 Å². The van der Waals surface area contributed by atoms with Crippen LogP contribution in [0.3, 0.4) is 0 Å². The molecule has 1 rings (SSSR count). The highest BCUT2D eigenvalue weighted by Crippen LogP contribution is 2.74. The number of halogens is 20. The Balaban J connectivity index is 4.33. The molecule has 0 aromatic rings. The zero-order valence-corrected chi connectivity index (χ0v) is 18.7. The molecule has 40 heavy (non-hydrogen) atoms. The first kappa shape index (κ1) is 36.5. The van der Waals surface area contributed by atoms with Crippen LogP contribution >= 0.6 is 0 Å². The lowest BCUT2D eigenvalue weighted by Gasteiger charge is -2.61. The van der Waals surface area contributed by atoms with Gasteiger partial charge in [-0.25, -0.2) is 27.0 Å². The standard InChI is InChI=1S/C16H12F20O4/c1-5(17)6(2,18)12(27,28)10(24,16(35,36)40-14(31,32)8(21,22)4-38)9(23,11(5,25)26)15(33,34)39-13(29,30)7(19,20)3-37/h37-38H,3-4H2,1-2H3. The fourth-order valence-corrected chi connectivity index (χ4v) is 3.23. The highest BCUT2D eigenvalue weighted by Gasteiger charge is 3.05. The Morgan fingerprint density at radius 1 is 0.475 bits per heavy atom. The maximum atomic E-state index is 15.4. The molecule has 0 aromatic carbocycles. The lowest BCUT2D eigenvalue weighted by Crippen LogP contribution is -2.93. The minimum Gasteiger partial charge on any atom is -0.390 e. The third kappa shape index (κ3) is 4.04. The van der Waals surface area contributed by atoms with Crippen LogP contribution in [0.1, 0.15) is 13.8 Å². The van der Waals surface area contributed by atoms with Crippen LogP contribution in [0.4, 0.5) is 87.8 Å². The van der Waals surface area contributed by atoms with E-state index in [4.69, 9.17) is 10.2 Å². The molecule has 1 saturated carbocycles. The van der Waals surface area contributed by atoms with E-state index in [0.717, 1.165) is 0 Å². The van der Waals surface area contributed by atoms with E-state index in [9.17, 15) is 79.0 Å². The molecule has 0 radical (unpaired) electrons. The van der Waals surface area contributed by atoms with Crippen LogP contribution in [0, 0.1) is 0 Å². The van der Waals surface area contributed by atoms with E-state index in [2.05, 4.69) is 0 Å². The quantitative estimate of drug-likeness (QED) is 0.294. The number of aliphatic hydroxyl groups is 2. The van der Waals surface area contributed by atoms with Crippen molar-refractivity contribution in [3.63, 3.8) is 0 Å². The Kier molecular flexibility index (Phi) is 8.18. The van der Waals surface area contributed by atoms with Gasteiger partial charge in [0.15, 0.2) is 0 Å². The molecule has 0 amide bonds. The molecular formula is C16H12F20O4. The first-order chi connectivity index (χ1) is 17.0. The summed E-state index contributed by atoms with van der Waals surface area (Å²) < 4.78 is 286. The highest BCUT2D eigenvalue weighted by atomic mass is 19.4. The predicted octanol–water partition coefficient (Wildman–Crippen LogP) is 5.80. The number of ether oxygens (including phenoxy) is 2. The number of hydrogen-bond donors (Lipinski definition) is 2. The molecule has 24 heteroatoms. The second-order valence-electron chi connectivity index (χ2n) is 8.47. The summed E-state index contributed by atoms with van der Waals surface area (Å²) >= 11 is 0. The predicted molar refractivity (Wildman–Crippen MR) is 82.6 cm³/mol. The van der Waals surface area contributed by atoms with Crippen LogP contribution in [-0.4, -0.2) is 94.2 Å². The summed E-state index contributed by atoms with van der Waals surface area (Å²) in [6.07, 6.45) is -31.7. The van der Waals surface area contributed by atoms with Gasteiger partial charge in [0.25, 0.3) is 0 Å². The summed E-state index contributed by atoms with van der Waals surface area (Å²) in [5.74, 6) is -29.2. The fraction of sp³-hybridized carbons (Fsp3) is 1.00. The third-order valence-electron chi connectivity index (χ3n) is 5.96. The zero-order valence-electron chi connectivity index (χ0n) is 18.7. The molecule has 1 fully saturated rings. The van der Waals surface area contributed by atoms with E-state index in [-0.39, 0.29) is 0 Å². The van der Waals surface area contributed by atoms with Gasteiger partial charge in [0.05, 0.1) is 0 Å². The molecule has 0 aromatic heterocycles. The van der Waals surface area contributed by atoms with Crippen molar-refractivity contribution in [1.29, 1.82) is 0 Å². The molecule has 2 N–H and O–H groups in total. The van der Waals surface area contributed by atoms with Gasteiger partial charge < -0.3 is 10.2 Å². The molecule has 0 saturated heterocycles. The van der Waals surface area contributed by atoms with Gasteiger partial charge in [0, 0.05) is 0 Å². The van der Waals surface area contributed by atoms with Crippen LogP contribution in [0.2, 0.25) is 0 Å². The van der Waals surface area contributed by atoms with E-state index in [1.54, 1.807) is 9.47 Å². The van der Waals surface area contributed by atoms with Crippen LogP contribution in [0.25, 0.3) is 0 Å². The van der Waals surface area contributed by atoms with Gasteiger partial charge >= 0.3 is 59.5 Å². The van der Waals surface area contributed by atoms with E-state index in [1.165, 1.54) is 0 Å². The topological polar surface area (TPSA) is 58.9 Å². The molecule has 240 valence electrons. The van der Waals surface area contributed by atoms with Gasteiger partial charge in [-0.1, -0.05) is 0 Å². The first-order valence-electron chi connectivity index (χ1n) is 9.44. The van der Waals surface area contributed by atoms with E-state index in [1.807, 2.05) is 0 Å². The minimum absolute atomic E-state index is 1.42. The second-order valence-corrected chi connectivity index (χ2v) is 8.47. The molecule has 4 atom stereocenters. The van der Waals surface area contributed by atoms with E-state index in [0.29, 0.717) is 0 Å². The molecule has 4 unspecified atom stereocenters. The van der Waals surface area contributed by atoms with Gasteiger partial charge in [-0.05, 0) is 13.8 Å². The van der Waals surface area contributed by atoms with E-state index >= 15 is 8.78 Å². The van der Waals surface area contributed by atoms with Crippen molar-refractivity contribution in [2.45, 2.75) is 84.6 Å². The van der Waals surface area contributed by atoms with Crippen molar-refractivity contribution in [2.24, 2.45) is 0 Å². The molecule has 1 aliphatic carbocycles. The normalized spacial score (nSPS) is 34.2. The van der Waals surface area contributed by atoms with Crippen molar-refractivity contribution < 1.29 is 107 Å². The van der Waals surface area contributed by atoms with Crippen molar-refractivity contribution in [3.05, 3.63) is 0 Å². The molecule has 1 aliphatic rings. The maximum Gasteiger partial charge on any atom is 0.426 e. The van der Waals surface area contributed by atoms with Gasteiger partial charge in [0.2, 0.25) is 11.3 Å². The average molecular weight is 648 g/mol. The van der Waals surface area contributed by atoms with Crippen LogP contribution < -0.4 is 0 Å². The summed E-state index contributed by atoms with van der Waals surface area (Å²) in [6.45, 7) is -9.63. The summed E-state index contributed by atoms with van der Waals surface area (Å²) in [4.78, 5) is 0. The number of rotatable bonds is 10. The maximum absolute atomic E-state index is 15.4. The third-order valence-corrected chi connectivity index (χ3v) is 5.96. The Bertz CT molecular complexity index is 888. The van der Waals surface area contributed by atoms with Crippen molar-refractivity contribution in [1.82, 2.24) is 0 Å². The van der Waals surface area contributed by atoms with Crippen LogP contribution in [-0.2, 0) is 9.47 Å². The highest BCUT2D eigenvalue weighted by molar-refractivity contribution is 5.36. The second kappa shape index (κ2) is 8.97. The molecule has 4 nitrogen and oxygen atoms in total. The largest absolute Gasteiger partial charge is 0.426 e. The Labute approximate surface area is 206 Å². The Morgan fingerprint density at radius 3 is 0.850 bits per heavy atom. The molecule has 0 aliphatic heterocycles. The van der Waals surface area contributed by atoms with Gasteiger partial charge in [-0.2, -0.15) is 70.2 Å². The summed E-state index contributed by atoms with van der Waals surface area (Å²) in [5, 5.41) is 16.2. The van der Waals surface area contributed by atoms with Crippen molar-refractivity contribution in [2.75, 3.05) is 13.2 Å². The SMILES string of the molecule is CC1(F)C(C)(F)C(F)(F)C(F)(C(F)(F)OC(F)(F)C(F)(F)CO)C(F)(C(F)(F)OC(F)(F)C(F)(F)CO)C1(F)F. The lowest BCUT2D eigenvalue weighted by atomic mass is 9.56. The van der Waals surface area contributed by atoms with Crippen LogP contribution in [0.5, 0.6) is 0 Å². The molecule has 0 heterocycles. The average Bonchev–Trinajstić information content (AvgIpc) is 2.74. The lowest BCUT2D eigenvalue weighted by molar-refractivity contribution is -0.555. The summed E-state index contributed by atoms with van der Waals surface area (Å²) in [7, 11) is 0. The van der Waals surface area contributed by atoms with Crippen molar-refractivity contribution >= 4 is 0 Å². The molecular weight excluding hydrogens is 636 g/mol. The van der Waals surface area contributed by atoms with Gasteiger partial charge in [0.1, 0.15) is 13.2 Å². The molecule has 0 spiro atoms. The van der Waals surface area contributed by atoms with E-state index < -0.39 is 97.9 Å². The first-order valence-corrected chi connectivity index (χ1v) is 9.44. The fourth-order valence-electron chi connectivity index (χ4n) is 3.23. The number of hydrogen-bond acceptors (Lipinski definition) is 4. The monoisotopic (exact) mass is 648 g/mol. The van der Waals surface area contributed by atoms with Crippen LogP contribution in [0.15, 0.2) is 0 Å². The smallest absolute Gasteiger partial charge is 0.390 e. The number of alkyl halides is 20. The number of aliphatic hydroxyl groups excluding tert-OH is 2. The molecule has 0 bridgehead atoms. The van der Waals surface area contributed by atoms with Gasteiger partial charge in [-0.3, -0.25) is 0 Å². The Morgan fingerprint density at radius 2 is 0.675 bits per heavy atom. The summed E-state index contributed by atoms with van der Waals surface area (Å²) in [6, 6.07) is 0. The summed E-state index contributed by atoms with van der Waals surface area (Å²) in [5.41, 5.74) is -30.6. The zero-order chi connectivity index (χ0) is 32.8. The minimum atomic E-state index is -8.78. The Hall–Kier alpha value is -1.56. The van der Waals surface area contributed by atoms with Gasteiger partial charge in [-0.15, -0.1) is 0 Å².